The third-order valence-corrected chi connectivity index (χ3v) is 4.54. The smallest absolute Gasteiger partial charge is 0.231 e. The Morgan fingerprint density at radius 2 is 2.04 bits per heavy atom. The molecule has 1 aromatic carbocycles. The summed E-state index contributed by atoms with van der Waals surface area (Å²) in [6.07, 6.45) is 2.40. The van der Waals surface area contributed by atoms with Gasteiger partial charge in [0.05, 0.1) is 6.42 Å². The first-order valence-electron chi connectivity index (χ1n) is 7.78. The van der Waals surface area contributed by atoms with E-state index in [1.54, 1.807) is 4.68 Å². The molecule has 122 valence electrons. The SMILES string of the molecule is Cn1nc(C2CCNCC2)nc1NC(=O)Cc1ccc(Br)cc1. The molecular formula is C16H20BrN5O. The van der Waals surface area contributed by atoms with Crippen LogP contribution in [0.1, 0.15) is 30.1 Å². The number of hydrogen-bond acceptors (Lipinski definition) is 4. The molecule has 2 heterocycles. The Morgan fingerprint density at radius 3 is 2.74 bits per heavy atom. The number of benzene rings is 1. The lowest BCUT2D eigenvalue weighted by atomic mass is 9.98. The number of hydrogen-bond donors (Lipinski definition) is 2. The molecule has 23 heavy (non-hydrogen) atoms. The van der Waals surface area contributed by atoms with E-state index >= 15 is 0 Å². The summed E-state index contributed by atoms with van der Waals surface area (Å²) in [5, 5.41) is 10.7. The Hall–Kier alpha value is -1.73. The number of anilines is 1. The minimum Gasteiger partial charge on any atom is -0.317 e. The normalized spacial score (nSPS) is 15.6. The molecule has 1 aromatic heterocycles. The van der Waals surface area contributed by atoms with E-state index in [1.165, 1.54) is 0 Å². The van der Waals surface area contributed by atoms with E-state index in [-0.39, 0.29) is 5.91 Å². The molecule has 0 aliphatic carbocycles. The number of halogens is 1. The van der Waals surface area contributed by atoms with Gasteiger partial charge >= 0.3 is 0 Å². The van der Waals surface area contributed by atoms with E-state index < -0.39 is 0 Å². The molecule has 7 heteroatoms. The summed E-state index contributed by atoms with van der Waals surface area (Å²) in [5.41, 5.74) is 0.964. The van der Waals surface area contributed by atoms with Crippen LogP contribution in [-0.4, -0.2) is 33.8 Å². The summed E-state index contributed by atoms with van der Waals surface area (Å²) in [4.78, 5) is 16.7. The van der Waals surface area contributed by atoms with Gasteiger partial charge in [0.25, 0.3) is 0 Å². The molecule has 0 bridgehead atoms. The van der Waals surface area contributed by atoms with Crippen LogP contribution in [0.2, 0.25) is 0 Å². The van der Waals surface area contributed by atoms with Gasteiger partial charge in [-0.2, -0.15) is 10.1 Å². The number of aryl methyl sites for hydroxylation is 1. The average Bonchev–Trinajstić information content (AvgIpc) is 2.91. The van der Waals surface area contributed by atoms with Crippen LogP contribution in [0.3, 0.4) is 0 Å². The maximum absolute atomic E-state index is 12.2. The average molecular weight is 378 g/mol. The lowest BCUT2D eigenvalue weighted by molar-refractivity contribution is -0.115. The van der Waals surface area contributed by atoms with E-state index in [0.29, 0.717) is 18.3 Å². The molecule has 0 radical (unpaired) electrons. The third-order valence-electron chi connectivity index (χ3n) is 4.01. The molecule has 6 nitrogen and oxygen atoms in total. The topological polar surface area (TPSA) is 71.8 Å². The van der Waals surface area contributed by atoms with Crippen molar-refractivity contribution >= 4 is 27.8 Å². The van der Waals surface area contributed by atoms with Crippen molar-refractivity contribution in [3.8, 4) is 0 Å². The van der Waals surface area contributed by atoms with E-state index in [4.69, 9.17) is 0 Å². The summed E-state index contributed by atoms with van der Waals surface area (Å²) in [6, 6.07) is 7.72. The number of nitrogens with one attached hydrogen (secondary N) is 2. The fourth-order valence-corrected chi connectivity index (χ4v) is 2.99. The lowest BCUT2D eigenvalue weighted by Crippen LogP contribution is -2.27. The first-order valence-corrected chi connectivity index (χ1v) is 8.57. The highest BCUT2D eigenvalue weighted by Gasteiger charge is 2.21. The Bertz CT molecular complexity index is 676. The van der Waals surface area contributed by atoms with Crippen molar-refractivity contribution in [2.24, 2.45) is 7.05 Å². The van der Waals surface area contributed by atoms with Crippen molar-refractivity contribution in [3.63, 3.8) is 0 Å². The molecule has 1 fully saturated rings. The van der Waals surface area contributed by atoms with Crippen LogP contribution >= 0.6 is 15.9 Å². The maximum Gasteiger partial charge on any atom is 0.231 e. The molecule has 0 unspecified atom stereocenters. The zero-order chi connectivity index (χ0) is 16.2. The van der Waals surface area contributed by atoms with E-state index in [1.807, 2.05) is 31.3 Å². The summed E-state index contributed by atoms with van der Waals surface area (Å²) < 4.78 is 2.65. The van der Waals surface area contributed by atoms with Gasteiger partial charge in [0, 0.05) is 17.4 Å². The lowest BCUT2D eigenvalue weighted by Gasteiger charge is -2.19. The van der Waals surface area contributed by atoms with Crippen LogP contribution in [0.5, 0.6) is 0 Å². The Balaban J connectivity index is 1.63. The zero-order valence-corrected chi connectivity index (χ0v) is 14.6. The molecule has 1 amide bonds. The minimum absolute atomic E-state index is 0.0836. The van der Waals surface area contributed by atoms with Crippen LogP contribution in [0, 0.1) is 0 Å². The van der Waals surface area contributed by atoms with Crippen molar-refractivity contribution in [1.82, 2.24) is 20.1 Å². The predicted octanol–water partition coefficient (Wildman–Crippen LogP) is 2.23. The monoisotopic (exact) mass is 377 g/mol. The highest BCUT2D eigenvalue weighted by molar-refractivity contribution is 9.10. The number of nitrogens with zero attached hydrogens (tertiary/aromatic N) is 3. The number of piperidine rings is 1. The van der Waals surface area contributed by atoms with Crippen LogP contribution in [0.25, 0.3) is 0 Å². The second-order valence-corrected chi connectivity index (χ2v) is 6.71. The summed E-state index contributed by atoms with van der Waals surface area (Å²) in [6.45, 7) is 1.99. The summed E-state index contributed by atoms with van der Waals surface area (Å²) in [7, 11) is 1.81. The van der Waals surface area contributed by atoms with Gasteiger partial charge < -0.3 is 5.32 Å². The van der Waals surface area contributed by atoms with E-state index in [9.17, 15) is 4.79 Å². The highest BCUT2D eigenvalue weighted by Crippen LogP contribution is 2.23. The summed E-state index contributed by atoms with van der Waals surface area (Å²) >= 11 is 3.39. The van der Waals surface area contributed by atoms with Gasteiger partial charge in [0.2, 0.25) is 11.9 Å². The van der Waals surface area contributed by atoms with E-state index in [2.05, 4.69) is 36.6 Å². The van der Waals surface area contributed by atoms with Crippen LogP contribution in [0.15, 0.2) is 28.7 Å². The van der Waals surface area contributed by atoms with Gasteiger partial charge in [-0.05, 0) is 43.6 Å². The molecule has 0 atom stereocenters. The van der Waals surface area contributed by atoms with Gasteiger partial charge in [-0.15, -0.1) is 0 Å². The molecule has 1 aliphatic heterocycles. The van der Waals surface area contributed by atoms with Crippen LogP contribution in [0.4, 0.5) is 5.95 Å². The molecule has 2 N–H and O–H groups in total. The molecule has 1 saturated heterocycles. The fourth-order valence-electron chi connectivity index (χ4n) is 2.72. The molecular weight excluding hydrogens is 358 g/mol. The molecule has 0 saturated carbocycles. The zero-order valence-electron chi connectivity index (χ0n) is 13.1. The molecule has 0 spiro atoms. The fraction of sp³-hybridized carbons (Fsp3) is 0.438. The number of aromatic nitrogens is 3. The molecule has 3 rings (SSSR count). The minimum atomic E-state index is -0.0836. The van der Waals surface area contributed by atoms with Crippen LogP contribution < -0.4 is 10.6 Å². The Labute approximate surface area is 143 Å². The quantitative estimate of drug-likeness (QED) is 0.856. The van der Waals surface area contributed by atoms with Crippen molar-refractivity contribution in [3.05, 3.63) is 40.1 Å². The van der Waals surface area contributed by atoms with Gasteiger partial charge in [0.1, 0.15) is 0 Å². The van der Waals surface area contributed by atoms with Gasteiger partial charge in [-0.25, -0.2) is 4.68 Å². The van der Waals surface area contributed by atoms with Crippen LogP contribution in [-0.2, 0) is 18.3 Å². The maximum atomic E-state index is 12.2. The summed E-state index contributed by atoms with van der Waals surface area (Å²) in [5.74, 6) is 1.63. The molecule has 1 aliphatic rings. The standard InChI is InChI=1S/C16H20BrN5O/c1-22-16(20-15(21-22)12-6-8-18-9-7-12)19-14(23)10-11-2-4-13(17)5-3-11/h2-5,12,18H,6-10H2,1H3,(H,19,20,21,23). The number of rotatable bonds is 4. The van der Waals surface area contributed by atoms with Gasteiger partial charge in [-0.3, -0.25) is 10.1 Å². The second kappa shape index (κ2) is 7.23. The number of carbonyl (C=O) groups excluding carboxylic acids is 1. The second-order valence-electron chi connectivity index (χ2n) is 5.79. The van der Waals surface area contributed by atoms with Crippen molar-refractivity contribution < 1.29 is 4.79 Å². The van der Waals surface area contributed by atoms with Gasteiger partial charge in [-0.1, -0.05) is 28.1 Å². The van der Waals surface area contributed by atoms with E-state index in [0.717, 1.165) is 41.8 Å². The highest BCUT2D eigenvalue weighted by atomic mass is 79.9. The molecule has 2 aromatic rings. The number of amides is 1. The first kappa shape index (κ1) is 16.1. The number of carbonyl (C=O) groups is 1. The first-order chi connectivity index (χ1) is 11.1. The predicted molar refractivity (Wildman–Crippen MR) is 92.3 cm³/mol. The van der Waals surface area contributed by atoms with Gasteiger partial charge in [0.15, 0.2) is 5.82 Å². The van der Waals surface area contributed by atoms with Crippen molar-refractivity contribution in [2.75, 3.05) is 18.4 Å². The third kappa shape index (κ3) is 4.17. The largest absolute Gasteiger partial charge is 0.317 e. The Kier molecular flexibility index (Phi) is 5.07. The van der Waals surface area contributed by atoms with Crippen molar-refractivity contribution in [2.45, 2.75) is 25.2 Å². The Morgan fingerprint density at radius 1 is 1.35 bits per heavy atom. The van der Waals surface area contributed by atoms with Crippen molar-refractivity contribution in [1.29, 1.82) is 0 Å².